The van der Waals surface area contributed by atoms with Gasteiger partial charge < -0.3 is 5.11 Å². The number of aliphatic carboxylic acids is 1. The van der Waals surface area contributed by atoms with E-state index in [4.69, 9.17) is 5.11 Å². The molecule has 0 aromatic heterocycles. The fraction of sp³-hybridized carbons (Fsp3) is 0.625. The zero-order valence-electron chi connectivity index (χ0n) is 6.35. The zero-order chi connectivity index (χ0) is 7.98. The van der Waals surface area contributed by atoms with Gasteiger partial charge in [0.2, 0.25) is 0 Å². The molecule has 0 saturated carbocycles. The van der Waals surface area contributed by atoms with Crippen LogP contribution < -0.4 is 0 Å². The molecule has 0 aliphatic heterocycles. The Morgan fingerprint density at radius 2 is 2.20 bits per heavy atom. The SMILES string of the molecule is CCC#CC(CC)C(=O)O. The van der Waals surface area contributed by atoms with Crippen molar-refractivity contribution in [1.29, 1.82) is 0 Å². The minimum Gasteiger partial charge on any atom is -0.480 e. The molecule has 0 fully saturated rings. The molecule has 0 rings (SSSR count). The molecule has 1 atom stereocenters. The summed E-state index contributed by atoms with van der Waals surface area (Å²) in [6.45, 7) is 3.73. The van der Waals surface area contributed by atoms with Gasteiger partial charge in [-0.15, -0.1) is 5.92 Å². The lowest BCUT2D eigenvalue weighted by atomic mass is 10.1. The van der Waals surface area contributed by atoms with Gasteiger partial charge in [-0.3, -0.25) is 4.79 Å². The van der Waals surface area contributed by atoms with Gasteiger partial charge in [0, 0.05) is 6.42 Å². The highest BCUT2D eigenvalue weighted by molar-refractivity contribution is 5.73. The number of carboxylic acid groups (broad SMARTS) is 1. The van der Waals surface area contributed by atoms with Crippen molar-refractivity contribution in [2.24, 2.45) is 5.92 Å². The Morgan fingerprint density at radius 3 is 2.50 bits per heavy atom. The molecule has 1 N–H and O–H groups in total. The first-order valence-corrected chi connectivity index (χ1v) is 3.43. The Bertz CT molecular complexity index is 162. The Kier molecular flexibility index (Phi) is 4.39. The summed E-state index contributed by atoms with van der Waals surface area (Å²) in [7, 11) is 0. The van der Waals surface area contributed by atoms with E-state index in [1.165, 1.54) is 0 Å². The molecule has 0 bridgehead atoms. The fourth-order valence-corrected chi connectivity index (χ4v) is 0.564. The van der Waals surface area contributed by atoms with Crippen molar-refractivity contribution in [1.82, 2.24) is 0 Å². The van der Waals surface area contributed by atoms with Crippen molar-refractivity contribution in [2.45, 2.75) is 26.7 Å². The van der Waals surface area contributed by atoms with Gasteiger partial charge in [-0.1, -0.05) is 19.8 Å². The van der Waals surface area contributed by atoms with Gasteiger partial charge in [0.15, 0.2) is 0 Å². The van der Waals surface area contributed by atoms with Crippen LogP contribution in [0.2, 0.25) is 0 Å². The van der Waals surface area contributed by atoms with Crippen molar-refractivity contribution in [3.05, 3.63) is 0 Å². The molecule has 0 saturated heterocycles. The van der Waals surface area contributed by atoms with Crippen LogP contribution in [0, 0.1) is 17.8 Å². The maximum absolute atomic E-state index is 10.3. The number of hydrogen-bond donors (Lipinski definition) is 1. The van der Waals surface area contributed by atoms with Gasteiger partial charge in [0.05, 0.1) is 0 Å². The molecule has 0 aliphatic carbocycles. The third-order valence-corrected chi connectivity index (χ3v) is 1.16. The van der Waals surface area contributed by atoms with Crippen LogP contribution in [-0.2, 0) is 4.79 Å². The van der Waals surface area contributed by atoms with Crippen molar-refractivity contribution >= 4 is 5.97 Å². The number of hydrogen-bond acceptors (Lipinski definition) is 1. The van der Waals surface area contributed by atoms with Crippen LogP contribution >= 0.6 is 0 Å². The van der Waals surface area contributed by atoms with E-state index in [2.05, 4.69) is 11.8 Å². The van der Waals surface area contributed by atoms with E-state index >= 15 is 0 Å². The van der Waals surface area contributed by atoms with E-state index in [9.17, 15) is 4.79 Å². The van der Waals surface area contributed by atoms with E-state index in [-0.39, 0.29) is 0 Å². The smallest absolute Gasteiger partial charge is 0.318 e. The van der Waals surface area contributed by atoms with Crippen molar-refractivity contribution in [2.75, 3.05) is 0 Å². The molecular weight excluding hydrogens is 128 g/mol. The fourth-order valence-electron chi connectivity index (χ4n) is 0.564. The summed E-state index contributed by atoms with van der Waals surface area (Å²) in [6.07, 6.45) is 1.31. The Labute approximate surface area is 61.2 Å². The van der Waals surface area contributed by atoms with Crippen LogP contribution in [0.25, 0.3) is 0 Å². The molecule has 56 valence electrons. The molecule has 2 heteroatoms. The highest BCUT2D eigenvalue weighted by atomic mass is 16.4. The summed E-state index contributed by atoms with van der Waals surface area (Å²) in [5, 5.41) is 8.50. The van der Waals surface area contributed by atoms with Crippen molar-refractivity contribution in [3.63, 3.8) is 0 Å². The molecule has 0 heterocycles. The lowest BCUT2D eigenvalue weighted by Gasteiger charge is -1.97. The Hall–Kier alpha value is -0.970. The van der Waals surface area contributed by atoms with Gasteiger partial charge in [-0.2, -0.15) is 0 Å². The third-order valence-electron chi connectivity index (χ3n) is 1.16. The second-order valence-electron chi connectivity index (χ2n) is 1.97. The van der Waals surface area contributed by atoms with Crippen LogP contribution in [0.4, 0.5) is 0 Å². The molecule has 10 heavy (non-hydrogen) atoms. The molecule has 1 unspecified atom stereocenters. The summed E-state index contributed by atoms with van der Waals surface area (Å²) in [6, 6.07) is 0. The average Bonchev–Trinajstić information content (AvgIpc) is 1.89. The minimum atomic E-state index is -0.816. The maximum Gasteiger partial charge on any atom is 0.318 e. The first kappa shape index (κ1) is 9.03. The zero-order valence-corrected chi connectivity index (χ0v) is 6.35. The van der Waals surface area contributed by atoms with Crippen LogP contribution in [0.15, 0.2) is 0 Å². The standard InChI is InChI=1S/C8H12O2/c1-3-5-6-7(4-2)8(9)10/h7H,3-4H2,1-2H3,(H,9,10). The second-order valence-corrected chi connectivity index (χ2v) is 1.97. The number of carbonyl (C=O) groups is 1. The minimum absolute atomic E-state index is 0.472. The quantitative estimate of drug-likeness (QED) is 0.590. The summed E-state index contributed by atoms with van der Waals surface area (Å²) < 4.78 is 0. The lowest BCUT2D eigenvalue weighted by Crippen LogP contribution is -2.09. The van der Waals surface area contributed by atoms with Crippen molar-refractivity contribution < 1.29 is 9.90 Å². The molecule has 2 nitrogen and oxygen atoms in total. The van der Waals surface area contributed by atoms with E-state index in [0.717, 1.165) is 6.42 Å². The molecule has 0 amide bonds. The summed E-state index contributed by atoms with van der Waals surface area (Å²) in [4.78, 5) is 10.3. The van der Waals surface area contributed by atoms with Gasteiger partial charge >= 0.3 is 5.97 Å². The first-order chi connectivity index (χ1) is 4.72. The molecule has 0 aromatic rings. The topological polar surface area (TPSA) is 37.3 Å². The van der Waals surface area contributed by atoms with Crippen molar-refractivity contribution in [3.8, 4) is 11.8 Å². The molecule has 0 aliphatic rings. The summed E-state index contributed by atoms with van der Waals surface area (Å²) in [5.41, 5.74) is 0. The summed E-state index contributed by atoms with van der Waals surface area (Å²) in [5.74, 6) is 4.13. The molecule has 0 spiro atoms. The highest BCUT2D eigenvalue weighted by Gasteiger charge is 2.09. The number of carboxylic acids is 1. The van der Waals surface area contributed by atoms with E-state index in [0.29, 0.717) is 6.42 Å². The number of rotatable bonds is 2. The predicted molar refractivity (Wildman–Crippen MR) is 39.5 cm³/mol. The predicted octanol–water partition coefficient (Wildman–Crippen LogP) is 1.51. The summed E-state index contributed by atoms with van der Waals surface area (Å²) >= 11 is 0. The molecular formula is C8H12O2. The van der Waals surface area contributed by atoms with Gasteiger partial charge in [-0.25, -0.2) is 0 Å². The van der Waals surface area contributed by atoms with Crippen LogP contribution in [-0.4, -0.2) is 11.1 Å². The maximum atomic E-state index is 10.3. The van der Waals surface area contributed by atoms with Crippen LogP contribution in [0.1, 0.15) is 26.7 Å². The average molecular weight is 140 g/mol. The Morgan fingerprint density at radius 1 is 1.60 bits per heavy atom. The first-order valence-electron chi connectivity index (χ1n) is 3.43. The van der Waals surface area contributed by atoms with Gasteiger partial charge in [0.1, 0.15) is 5.92 Å². The van der Waals surface area contributed by atoms with Gasteiger partial charge in [-0.05, 0) is 6.42 Å². The third kappa shape index (κ3) is 3.13. The lowest BCUT2D eigenvalue weighted by molar-refractivity contribution is -0.139. The largest absolute Gasteiger partial charge is 0.480 e. The monoisotopic (exact) mass is 140 g/mol. The van der Waals surface area contributed by atoms with Gasteiger partial charge in [0.25, 0.3) is 0 Å². The Balaban J connectivity index is 3.95. The molecule has 0 aromatic carbocycles. The second kappa shape index (κ2) is 4.87. The van der Waals surface area contributed by atoms with Crippen LogP contribution in [0.5, 0.6) is 0 Å². The van der Waals surface area contributed by atoms with E-state index in [1.54, 1.807) is 0 Å². The highest BCUT2D eigenvalue weighted by Crippen LogP contribution is 1.99. The molecule has 0 radical (unpaired) electrons. The normalized spacial score (nSPS) is 11.4. The van der Waals surface area contributed by atoms with E-state index < -0.39 is 11.9 Å². The van der Waals surface area contributed by atoms with E-state index in [1.807, 2.05) is 13.8 Å². The van der Waals surface area contributed by atoms with Crippen LogP contribution in [0.3, 0.4) is 0 Å².